The number of aliphatic hydroxyl groups is 1. The zero-order chi connectivity index (χ0) is 12.0. The predicted molar refractivity (Wildman–Crippen MR) is 67.0 cm³/mol. The third-order valence-electron chi connectivity index (χ3n) is 3.05. The second kappa shape index (κ2) is 7.24. The summed E-state index contributed by atoms with van der Waals surface area (Å²) in [6, 6.07) is 0.520. The van der Waals surface area contributed by atoms with Gasteiger partial charge >= 0.3 is 0 Å². The Hall–Kier alpha value is -0.0800. The number of aliphatic hydroxyl groups excluding tert-OH is 1. The van der Waals surface area contributed by atoms with Crippen LogP contribution in [0.15, 0.2) is 0 Å². The summed E-state index contributed by atoms with van der Waals surface area (Å²) in [6.45, 7) is 15.0. The molecule has 0 aromatic carbocycles. The highest BCUT2D eigenvalue weighted by molar-refractivity contribution is 4.72. The van der Waals surface area contributed by atoms with E-state index < -0.39 is 0 Å². The summed E-state index contributed by atoms with van der Waals surface area (Å²) in [7, 11) is 0. The van der Waals surface area contributed by atoms with Gasteiger partial charge < -0.3 is 5.11 Å². The molecule has 0 bridgehead atoms. The van der Waals surface area contributed by atoms with Gasteiger partial charge in [-0.15, -0.1) is 0 Å². The molecule has 0 saturated carbocycles. The minimum absolute atomic E-state index is 0.184. The molecule has 15 heavy (non-hydrogen) atoms. The largest absolute Gasteiger partial charge is 0.392 e. The van der Waals surface area contributed by atoms with E-state index in [0.717, 1.165) is 19.5 Å². The summed E-state index contributed by atoms with van der Waals surface area (Å²) in [5.74, 6) is 1.06. The Morgan fingerprint density at radius 2 is 1.53 bits per heavy atom. The second-order valence-corrected chi connectivity index (χ2v) is 5.39. The van der Waals surface area contributed by atoms with Crippen LogP contribution in [0.3, 0.4) is 0 Å². The van der Waals surface area contributed by atoms with Crippen molar-refractivity contribution in [3.63, 3.8) is 0 Å². The molecule has 92 valence electrons. The van der Waals surface area contributed by atoms with Crippen LogP contribution < -0.4 is 0 Å². The highest BCUT2D eigenvalue weighted by Crippen LogP contribution is 2.12. The van der Waals surface area contributed by atoms with Crippen molar-refractivity contribution in [1.82, 2.24) is 4.90 Å². The fourth-order valence-corrected chi connectivity index (χ4v) is 1.66. The van der Waals surface area contributed by atoms with E-state index >= 15 is 0 Å². The quantitative estimate of drug-likeness (QED) is 0.706. The van der Waals surface area contributed by atoms with Gasteiger partial charge in [0, 0.05) is 19.1 Å². The van der Waals surface area contributed by atoms with Crippen LogP contribution in [0.1, 0.15) is 48.0 Å². The van der Waals surface area contributed by atoms with Gasteiger partial charge in [0.2, 0.25) is 0 Å². The number of hydrogen-bond acceptors (Lipinski definition) is 2. The second-order valence-electron chi connectivity index (χ2n) is 5.39. The van der Waals surface area contributed by atoms with Gasteiger partial charge in [-0.05, 0) is 25.7 Å². The van der Waals surface area contributed by atoms with E-state index in [2.05, 4.69) is 46.4 Å². The van der Waals surface area contributed by atoms with Crippen molar-refractivity contribution in [3.05, 3.63) is 0 Å². The van der Waals surface area contributed by atoms with E-state index in [1.165, 1.54) is 0 Å². The van der Waals surface area contributed by atoms with Gasteiger partial charge in [-0.1, -0.05) is 34.1 Å². The van der Waals surface area contributed by atoms with Crippen molar-refractivity contribution in [2.45, 2.75) is 60.1 Å². The van der Waals surface area contributed by atoms with Crippen molar-refractivity contribution in [3.8, 4) is 0 Å². The van der Waals surface area contributed by atoms with Gasteiger partial charge in [0.15, 0.2) is 0 Å². The SMILES string of the molecule is CCC(C)C(O)CN(CC(C)C)C(C)C. The Morgan fingerprint density at radius 1 is 1.00 bits per heavy atom. The molecule has 0 aromatic rings. The Morgan fingerprint density at radius 3 is 1.87 bits per heavy atom. The summed E-state index contributed by atoms with van der Waals surface area (Å²) in [4.78, 5) is 2.38. The van der Waals surface area contributed by atoms with E-state index in [4.69, 9.17) is 0 Å². The summed E-state index contributed by atoms with van der Waals surface area (Å²) in [6.07, 6.45) is 0.866. The molecule has 0 aromatic heterocycles. The summed E-state index contributed by atoms with van der Waals surface area (Å²) in [5.41, 5.74) is 0. The van der Waals surface area contributed by atoms with Gasteiger partial charge in [-0.3, -0.25) is 4.90 Å². The molecule has 1 N–H and O–H groups in total. The van der Waals surface area contributed by atoms with Crippen molar-refractivity contribution >= 4 is 0 Å². The topological polar surface area (TPSA) is 23.5 Å². The average Bonchev–Trinajstić information content (AvgIpc) is 2.14. The first-order valence-corrected chi connectivity index (χ1v) is 6.30. The summed E-state index contributed by atoms with van der Waals surface area (Å²) < 4.78 is 0. The molecular formula is C13H29NO. The van der Waals surface area contributed by atoms with Crippen LogP contribution in [0.2, 0.25) is 0 Å². The molecule has 0 fully saturated rings. The Kier molecular flexibility index (Phi) is 7.20. The van der Waals surface area contributed by atoms with Crippen LogP contribution in [0.25, 0.3) is 0 Å². The number of hydrogen-bond donors (Lipinski definition) is 1. The Labute approximate surface area is 95.7 Å². The van der Waals surface area contributed by atoms with Crippen LogP contribution in [-0.4, -0.2) is 35.2 Å². The monoisotopic (exact) mass is 215 g/mol. The Bertz CT molecular complexity index is 157. The number of nitrogens with zero attached hydrogens (tertiary/aromatic N) is 1. The Balaban J connectivity index is 4.15. The zero-order valence-corrected chi connectivity index (χ0v) is 11.3. The third-order valence-corrected chi connectivity index (χ3v) is 3.05. The van der Waals surface area contributed by atoms with Gasteiger partial charge in [-0.2, -0.15) is 0 Å². The summed E-state index contributed by atoms with van der Waals surface area (Å²) >= 11 is 0. The van der Waals surface area contributed by atoms with Crippen molar-refractivity contribution in [2.24, 2.45) is 11.8 Å². The van der Waals surface area contributed by atoms with E-state index in [1.807, 2.05) is 0 Å². The lowest BCUT2D eigenvalue weighted by molar-refractivity contribution is 0.0515. The molecule has 2 heteroatoms. The zero-order valence-electron chi connectivity index (χ0n) is 11.3. The standard InChI is InChI=1S/C13H29NO/c1-7-12(6)13(15)9-14(11(4)5)8-10(2)3/h10-13,15H,7-9H2,1-6H3. The molecule has 2 nitrogen and oxygen atoms in total. The first kappa shape index (κ1) is 14.9. The smallest absolute Gasteiger partial charge is 0.0692 e. The summed E-state index contributed by atoms with van der Waals surface area (Å²) in [5, 5.41) is 10.0. The van der Waals surface area contributed by atoms with E-state index in [1.54, 1.807) is 0 Å². The molecule has 0 amide bonds. The molecule has 2 unspecified atom stereocenters. The molecule has 0 aliphatic rings. The van der Waals surface area contributed by atoms with E-state index in [-0.39, 0.29) is 6.10 Å². The van der Waals surface area contributed by atoms with Gasteiger partial charge in [0.25, 0.3) is 0 Å². The molecule has 0 rings (SSSR count). The maximum absolute atomic E-state index is 10.0. The first-order valence-electron chi connectivity index (χ1n) is 6.30. The van der Waals surface area contributed by atoms with Crippen LogP contribution in [0.5, 0.6) is 0 Å². The van der Waals surface area contributed by atoms with Crippen LogP contribution in [0, 0.1) is 11.8 Å². The molecule has 0 aliphatic heterocycles. The van der Waals surface area contributed by atoms with Gasteiger partial charge in [0.05, 0.1) is 6.10 Å². The first-order chi connectivity index (χ1) is 6.88. The lowest BCUT2D eigenvalue weighted by Crippen LogP contribution is -2.41. The lowest BCUT2D eigenvalue weighted by atomic mass is 10.0. The van der Waals surface area contributed by atoms with Crippen LogP contribution in [0.4, 0.5) is 0 Å². The minimum atomic E-state index is -0.184. The van der Waals surface area contributed by atoms with Crippen molar-refractivity contribution in [2.75, 3.05) is 13.1 Å². The van der Waals surface area contributed by atoms with Crippen molar-refractivity contribution < 1.29 is 5.11 Å². The normalized spacial score (nSPS) is 16.4. The predicted octanol–water partition coefficient (Wildman–Crippen LogP) is 2.76. The van der Waals surface area contributed by atoms with E-state index in [9.17, 15) is 5.11 Å². The van der Waals surface area contributed by atoms with Gasteiger partial charge in [0.1, 0.15) is 0 Å². The molecule has 0 saturated heterocycles. The molecule has 0 spiro atoms. The fraction of sp³-hybridized carbons (Fsp3) is 1.00. The molecule has 2 atom stereocenters. The maximum Gasteiger partial charge on any atom is 0.0692 e. The van der Waals surface area contributed by atoms with Crippen LogP contribution >= 0.6 is 0 Å². The minimum Gasteiger partial charge on any atom is -0.392 e. The molecule has 0 aliphatic carbocycles. The lowest BCUT2D eigenvalue weighted by Gasteiger charge is -2.32. The molecule has 0 radical (unpaired) electrons. The molecular weight excluding hydrogens is 186 g/mol. The van der Waals surface area contributed by atoms with Crippen LogP contribution in [-0.2, 0) is 0 Å². The fourth-order valence-electron chi connectivity index (χ4n) is 1.66. The number of rotatable bonds is 7. The van der Waals surface area contributed by atoms with Gasteiger partial charge in [-0.25, -0.2) is 0 Å². The highest BCUT2D eigenvalue weighted by atomic mass is 16.3. The third kappa shape index (κ3) is 6.16. The molecule has 0 heterocycles. The average molecular weight is 215 g/mol. The van der Waals surface area contributed by atoms with E-state index in [0.29, 0.717) is 17.9 Å². The van der Waals surface area contributed by atoms with Crippen molar-refractivity contribution in [1.29, 1.82) is 0 Å². The highest BCUT2D eigenvalue weighted by Gasteiger charge is 2.19. The maximum atomic E-state index is 10.0.